The molecule has 4 nitrogen and oxygen atoms in total. The third kappa shape index (κ3) is 3.05. The first-order valence-corrected chi connectivity index (χ1v) is 7.97. The van der Waals surface area contributed by atoms with Gasteiger partial charge in [0.15, 0.2) is 0 Å². The summed E-state index contributed by atoms with van der Waals surface area (Å²) in [5.41, 5.74) is 0. The number of nitrogens with zero attached hydrogens (tertiary/aromatic N) is 1. The van der Waals surface area contributed by atoms with Gasteiger partial charge in [0.05, 0.1) is 4.90 Å². The van der Waals surface area contributed by atoms with Crippen LogP contribution in [0.25, 0.3) is 0 Å². The van der Waals surface area contributed by atoms with E-state index in [1.165, 1.54) is 11.3 Å². The van der Waals surface area contributed by atoms with Crippen LogP contribution in [0.1, 0.15) is 16.7 Å². The van der Waals surface area contributed by atoms with Gasteiger partial charge < -0.3 is 5.32 Å². The van der Waals surface area contributed by atoms with Crippen molar-refractivity contribution in [1.29, 1.82) is 0 Å². The second-order valence-corrected chi connectivity index (χ2v) is 7.86. The van der Waals surface area contributed by atoms with E-state index in [-0.39, 0.29) is 18.4 Å². The van der Waals surface area contributed by atoms with Crippen LogP contribution in [-0.4, -0.2) is 38.4 Å². The zero-order chi connectivity index (χ0) is 12.6. The van der Waals surface area contributed by atoms with Crippen LogP contribution in [0, 0.1) is 13.8 Å². The fourth-order valence-corrected chi connectivity index (χ4v) is 5.17. The minimum atomic E-state index is -3.30. The standard InChI is InChI=1S/C11H18N2O2S2.ClH/c1-8-7-13(5-4-12-8)17(14,15)11-6-9(2)16-10(11)3;/h6,8,12H,4-5,7H2,1-3H3;1H/t8-;/m1./s1. The van der Waals surface area contributed by atoms with Gasteiger partial charge in [0.2, 0.25) is 10.0 Å². The fourth-order valence-electron chi connectivity index (χ4n) is 2.12. The highest BCUT2D eigenvalue weighted by Crippen LogP contribution is 2.28. The van der Waals surface area contributed by atoms with Gasteiger partial charge in [-0.05, 0) is 26.8 Å². The van der Waals surface area contributed by atoms with Crippen LogP contribution >= 0.6 is 23.7 Å². The first kappa shape index (κ1) is 15.9. The van der Waals surface area contributed by atoms with E-state index in [2.05, 4.69) is 5.32 Å². The van der Waals surface area contributed by atoms with Crippen molar-refractivity contribution in [2.75, 3.05) is 19.6 Å². The maximum absolute atomic E-state index is 12.5. The van der Waals surface area contributed by atoms with Gasteiger partial charge in [0.25, 0.3) is 0 Å². The summed E-state index contributed by atoms with van der Waals surface area (Å²) in [6, 6.07) is 2.00. The second-order valence-electron chi connectivity index (χ2n) is 4.50. The Balaban J connectivity index is 0.00000162. The Labute approximate surface area is 119 Å². The van der Waals surface area contributed by atoms with Crippen LogP contribution in [0.3, 0.4) is 0 Å². The quantitative estimate of drug-likeness (QED) is 0.905. The van der Waals surface area contributed by atoms with Crippen LogP contribution in [0.2, 0.25) is 0 Å². The number of aryl methyl sites for hydroxylation is 2. The molecule has 0 amide bonds. The van der Waals surface area contributed by atoms with Crippen LogP contribution < -0.4 is 5.32 Å². The van der Waals surface area contributed by atoms with E-state index in [0.717, 1.165) is 16.3 Å². The van der Waals surface area contributed by atoms with Crippen LogP contribution in [0.5, 0.6) is 0 Å². The van der Waals surface area contributed by atoms with Crippen LogP contribution in [0.4, 0.5) is 0 Å². The maximum atomic E-state index is 12.5. The molecule has 1 aromatic rings. The number of halogens is 1. The molecule has 0 spiro atoms. The zero-order valence-corrected chi connectivity index (χ0v) is 13.2. The predicted molar refractivity (Wildman–Crippen MR) is 77.3 cm³/mol. The largest absolute Gasteiger partial charge is 0.312 e. The van der Waals surface area contributed by atoms with Gasteiger partial charge in [0, 0.05) is 35.4 Å². The van der Waals surface area contributed by atoms with Gasteiger partial charge in [-0.2, -0.15) is 4.31 Å². The Bertz CT molecular complexity index is 513. The van der Waals surface area contributed by atoms with E-state index in [0.29, 0.717) is 18.0 Å². The lowest BCUT2D eigenvalue weighted by atomic mass is 10.3. The van der Waals surface area contributed by atoms with Gasteiger partial charge in [0.1, 0.15) is 0 Å². The van der Waals surface area contributed by atoms with Crippen molar-refractivity contribution in [3.63, 3.8) is 0 Å². The van der Waals surface area contributed by atoms with Gasteiger partial charge in [-0.3, -0.25) is 0 Å². The Morgan fingerprint density at radius 3 is 2.61 bits per heavy atom. The summed E-state index contributed by atoms with van der Waals surface area (Å²) in [7, 11) is -3.30. The number of nitrogens with one attached hydrogen (secondary N) is 1. The van der Waals surface area contributed by atoms with E-state index < -0.39 is 10.0 Å². The molecule has 1 aromatic heterocycles. The van der Waals surface area contributed by atoms with Gasteiger partial charge >= 0.3 is 0 Å². The molecule has 0 saturated carbocycles. The lowest BCUT2D eigenvalue weighted by molar-refractivity contribution is 0.310. The van der Waals surface area contributed by atoms with Crippen molar-refractivity contribution in [3.8, 4) is 0 Å². The maximum Gasteiger partial charge on any atom is 0.244 e. The molecular formula is C11H19ClN2O2S2. The molecule has 1 atom stereocenters. The normalized spacial score (nSPS) is 21.6. The number of sulfonamides is 1. The highest BCUT2D eigenvalue weighted by molar-refractivity contribution is 7.89. The molecule has 1 aliphatic heterocycles. The van der Waals surface area contributed by atoms with Gasteiger partial charge in [-0.25, -0.2) is 8.42 Å². The SMILES string of the molecule is Cc1cc(S(=O)(=O)N2CCN[C@H](C)C2)c(C)s1.Cl. The summed E-state index contributed by atoms with van der Waals surface area (Å²) in [6.45, 7) is 7.65. The molecule has 1 N–H and O–H groups in total. The third-order valence-corrected chi connectivity index (χ3v) is 6.03. The van der Waals surface area contributed by atoms with E-state index in [4.69, 9.17) is 0 Å². The highest BCUT2D eigenvalue weighted by Gasteiger charge is 2.30. The summed E-state index contributed by atoms with van der Waals surface area (Å²) in [4.78, 5) is 2.41. The third-order valence-electron chi connectivity index (χ3n) is 2.94. The molecule has 1 aliphatic rings. The van der Waals surface area contributed by atoms with Crippen LogP contribution in [-0.2, 0) is 10.0 Å². The Kier molecular flexibility index (Phi) is 5.20. The molecule has 0 aliphatic carbocycles. The second kappa shape index (κ2) is 5.88. The average Bonchev–Trinajstić information content (AvgIpc) is 2.58. The molecule has 7 heteroatoms. The van der Waals surface area contributed by atoms with Crippen molar-refractivity contribution in [3.05, 3.63) is 15.8 Å². The van der Waals surface area contributed by atoms with E-state index in [9.17, 15) is 8.42 Å². The number of rotatable bonds is 2. The molecule has 18 heavy (non-hydrogen) atoms. The lowest BCUT2D eigenvalue weighted by Gasteiger charge is -2.30. The topological polar surface area (TPSA) is 49.4 Å². The zero-order valence-electron chi connectivity index (χ0n) is 10.8. The Hall–Kier alpha value is -0.140. The highest BCUT2D eigenvalue weighted by atomic mass is 35.5. The minimum absolute atomic E-state index is 0. The van der Waals surface area contributed by atoms with E-state index in [1.54, 1.807) is 10.4 Å². The monoisotopic (exact) mass is 310 g/mol. The summed E-state index contributed by atoms with van der Waals surface area (Å²) in [5, 5.41) is 3.25. The molecule has 0 bridgehead atoms. The number of piperazine rings is 1. The van der Waals surface area contributed by atoms with Crippen molar-refractivity contribution >= 4 is 33.8 Å². The van der Waals surface area contributed by atoms with Crippen molar-refractivity contribution < 1.29 is 8.42 Å². The summed E-state index contributed by atoms with van der Waals surface area (Å²) in [6.07, 6.45) is 0. The first-order valence-electron chi connectivity index (χ1n) is 5.72. The number of hydrogen-bond donors (Lipinski definition) is 1. The molecule has 0 unspecified atom stereocenters. The van der Waals surface area contributed by atoms with Crippen molar-refractivity contribution in [1.82, 2.24) is 9.62 Å². The first-order chi connectivity index (χ1) is 7.91. The van der Waals surface area contributed by atoms with E-state index >= 15 is 0 Å². The predicted octanol–water partition coefficient (Wildman–Crippen LogP) is 1.77. The fraction of sp³-hybridized carbons (Fsp3) is 0.636. The average molecular weight is 311 g/mol. The molecule has 2 rings (SSSR count). The Morgan fingerprint density at radius 1 is 1.44 bits per heavy atom. The molecule has 0 aromatic carbocycles. The Morgan fingerprint density at radius 2 is 2.11 bits per heavy atom. The molecule has 1 fully saturated rings. The molecule has 104 valence electrons. The smallest absolute Gasteiger partial charge is 0.244 e. The van der Waals surface area contributed by atoms with Crippen LogP contribution in [0.15, 0.2) is 11.0 Å². The van der Waals surface area contributed by atoms with Crippen molar-refractivity contribution in [2.45, 2.75) is 31.7 Å². The molecule has 2 heterocycles. The van der Waals surface area contributed by atoms with Gasteiger partial charge in [-0.1, -0.05) is 0 Å². The number of hydrogen-bond acceptors (Lipinski definition) is 4. The van der Waals surface area contributed by atoms with Crippen molar-refractivity contribution in [2.24, 2.45) is 0 Å². The molecular weight excluding hydrogens is 292 g/mol. The summed E-state index contributed by atoms with van der Waals surface area (Å²) in [5.74, 6) is 0. The lowest BCUT2D eigenvalue weighted by Crippen LogP contribution is -2.51. The molecule has 1 saturated heterocycles. The summed E-state index contributed by atoms with van der Waals surface area (Å²) >= 11 is 1.54. The number of thiophene rings is 1. The van der Waals surface area contributed by atoms with E-state index in [1.807, 2.05) is 20.8 Å². The summed E-state index contributed by atoms with van der Waals surface area (Å²) < 4.78 is 26.5. The van der Waals surface area contributed by atoms with Gasteiger partial charge in [-0.15, -0.1) is 23.7 Å². The molecule has 0 radical (unpaired) electrons. The minimum Gasteiger partial charge on any atom is -0.312 e.